The molecule has 0 saturated carbocycles. The zero-order valence-corrected chi connectivity index (χ0v) is 4.64. The van der Waals surface area contributed by atoms with Gasteiger partial charge in [-0.05, 0) is 0 Å². The van der Waals surface area contributed by atoms with Crippen molar-refractivity contribution >= 4 is 18.2 Å². The molecule has 0 aromatic rings. The summed E-state index contributed by atoms with van der Waals surface area (Å²) in [6.45, 7) is -0.250. The van der Waals surface area contributed by atoms with Gasteiger partial charge in [0, 0.05) is 0 Å². The summed E-state index contributed by atoms with van der Waals surface area (Å²) in [4.78, 5) is 8.67. The molecule has 0 fully saturated rings. The van der Waals surface area contributed by atoms with Crippen LogP contribution >= 0.6 is 12.6 Å². The highest BCUT2D eigenvalue weighted by atomic mass is 32.1. The maximum atomic E-state index is 8.67. The largest absolute Gasteiger partial charge is 0.394 e. The van der Waals surface area contributed by atoms with E-state index >= 15 is 0 Å². The number of hydrogen-bond donors (Lipinski definition) is 3. The predicted octanol–water partition coefficient (Wildman–Crippen LogP) is -0.923. The summed E-state index contributed by atoms with van der Waals surface area (Å²) in [5.41, 5.74) is 0.444. The second kappa shape index (κ2) is 16.8. The van der Waals surface area contributed by atoms with Crippen molar-refractivity contribution in [3.8, 4) is 0 Å². The molecule has 0 radical (unpaired) electrons. The van der Waals surface area contributed by atoms with Gasteiger partial charge in [-0.25, -0.2) is 0 Å². The maximum Gasteiger partial charge on any atom is 0.173 e. The molecule has 0 amide bonds. The topological polar surface area (TPSA) is 57.5 Å². The van der Waals surface area contributed by atoms with Crippen LogP contribution < -0.4 is 0 Å². The SMILES string of the molecule is O=CS.OCCO. The van der Waals surface area contributed by atoms with E-state index in [0.717, 1.165) is 0 Å². The first-order valence-electron chi connectivity index (χ1n) is 1.63. The van der Waals surface area contributed by atoms with E-state index in [2.05, 4.69) is 12.6 Å². The minimum Gasteiger partial charge on any atom is -0.394 e. The summed E-state index contributed by atoms with van der Waals surface area (Å²) in [6.07, 6.45) is 0. The third-order valence-electron chi connectivity index (χ3n) is 0.1000. The van der Waals surface area contributed by atoms with Gasteiger partial charge >= 0.3 is 0 Å². The van der Waals surface area contributed by atoms with Gasteiger partial charge in [-0.1, -0.05) is 0 Å². The minimum absolute atomic E-state index is 0.125. The van der Waals surface area contributed by atoms with Gasteiger partial charge in [0.2, 0.25) is 0 Å². The summed E-state index contributed by atoms with van der Waals surface area (Å²) in [5, 5.41) is 15.2. The van der Waals surface area contributed by atoms with E-state index < -0.39 is 0 Å². The molecule has 2 N–H and O–H groups in total. The van der Waals surface area contributed by atoms with Crippen molar-refractivity contribution in [1.82, 2.24) is 0 Å². The highest BCUT2D eigenvalue weighted by Crippen LogP contribution is 1.40. The fourth-order valence-corrected chi connectivity index (χ4v) is 0. The Morgan fingerprint density at radius 3 is 1.57 bits per heavy atom. The predicted molar refractivity (Wildman–Crippen MR) is 29.9 cm³/mol. The van der Waals surface area contributed by atoms with Crippen LogP contribution in [0, 0.1) is 0 Å². The third-order valence-corrected chi connectivity index (χ3v) is 0.1000. The Labute approximate surface area is 47.4 Å². The van der Waals surface area contributed by atoms with Crippen LogP contribution in [0.1, 0.15) is 0 Å². The number of aliphatic hydroxyl groups excluding tert-OH is 2. The molecule has 0 aliphatic heterocycles. The molecule has 0 unspecified atom stereocenters. The normalized spacial score (nSPS) is 6.14. The third kappa shape index (κ3) is 104. The molecule has 0 aromatic heterocycles. The van der Waals surface area contributed by atoms with Gasteiger partial charge in [0.1, 0.15) is 0 Å². The molecule has 44 valence electrons. The van der Waals surface area contributed by atoms with Gasteiger partial charge in [-0.3, -0.25) is 4.79 Å². The zero-order chi connectivity index (χ0) is 6.12. The van der Waals surface area contributed by atoms with Crippen molar-refractivity contribution in [2.45, 2.75) is 0 Å². The Morgan fingerprint density at radius 1 is 1.43 bits per heavy atom. The van der Waals surface area contributed by atoms with E-state index in [1.54, 1.807) is 0 Å². The number of rotatable bonds is 1. The summed E-state index contributed by atoms with van der Waals surface area (Å²) in [5.74, 6) is 0. The molecule has 3 nitrogen and oxygen atoms in total. The fraction of sp³-hybridized carbons (Fsp3) is 0.667. The molecule has 0 bridgehead atoms. The number of carbonyl (C=O) groups is 1. The quantitative estimate of drug-likeness (QED) is 0.313. The molecule has 0 heterocycles. The Hall–Kier alpha value is -0.0600. The van der Waals surface area contributed by atoms with Crippen LogP contribution in [0.4, 0.5) is 0 Å². The average molecular weight is 124 g/mol. The van der Waals surface area contributed by atoms with E-state index in [9.17, 15) is 0 Å². The van der Waals surface area contributed by atoms with Crippen LogP contribution in [-0.2, 0) is 4.79 Å². The standard InChI is InChI=1S/C2H6O2.CH2OS/c3-1-2-4;2-1-3/h3-4H,1-2H2;1H,(H,2,3). The van der Waals surface area contributed by atoms with E-state index in [-0.39, 0.29) is 13.2 Å². The van der Waals surface area contributed by atoms with Crippen molar-refractivity contribution in [3.05, 3.63) is 0 Å². The summed E-state index contributed by atoms with van der Waals surface area (Å²) >= 11 is 3.11. The Kier molecular flexibility index (Phi) is 24.0. The van der Waals surface area contributed by atoms with Crippen molar-refractivity contribution < 1.29 is 15.0 Å². The first-order chi connectivity index (χ1) is 3.33. The molecule has 7 heavy (non-hydrogen) atoms. The lowest BCUT2D eigenvalue weighted by Crippen LogP contribution is -1.85. The molecule has 0 aliphatic rings. The lowest BCUT2D eigenvalue weighted by atomic mass is 10.8. The number of carbonyl (C=O) groups excluding carboxylic acids is 1. The van der Waals surface area contributed by atoms with Gasteiger partial charge in [-0.15, -0.1) is 12.6 Å². The minimum atomic E-state index is -0.125. The summed E-state index contributed by atoms with van der Waals surface area (Å²) in [6, 6.07) is 0. The second-order valence-corrected chi connectivity index (χ2v) is 0.763. The molecule has 0 atom stereocenters. The first-order valence-corrected chi connectivity index (χ1v) is 2.14. The molecule has 0 rings (SSSR count). The Bertz CT molecular complexity index is 29.4. The molecule has 0 aromatic carbocycles. The molecule has 0 spiro atoms. The lowest BCUT2D eigenvalue weighted by Gasteiger charge is -1.70. The molecular weight excluding hydrogens is 116 g/mol. The van der Waals surface area contributed by atoms with Crippen molar-refractivity contribution in [1.29, 1.82) is 0 Å². The van der Waals surface area contributed by atoms with Gasteiger partial charge in [-0.2, -0.15) is 0 Å². The smallest absolute Gasteiger partial charge is 0.173 e. The first kappa shape index (κ1) is 10.0. The van der Waals surface area contributed by atoms with E-state index in [1.165, 1.54) is 0 Å². The van der Waals surface area contributed by atoms with Crippen LogP contribution in [0.3, 0.4) is 0 Å². The lowest BCUT2D eigenvalue weighted by molar-refractivity contribution is 0.186. The number of thiol groups is 1. The van der Waals surface area contributed by atoms with Crippen LogP contribution in [-0.4, -0.2) is 29.0 Å². The van der Waals surface area contributed by atoms with Gasteiger partial charge < -0.3 is 10.2 Å². The molecule has 4 heteroatoms. The van der Waals surface area contributed by atoms with Crippen LogP contribution in [0.5, 0.6) is 0 Å². The van der Waals surface area contributed by atoms with Crippen molar-refractivity contribution in [3.63, 3.8) is 0 Å². The van der Waals surface area contributed by atoms with Gasteiger partial charge in [0.25, 0.3) is 0 Å². The van der Waals surface area contributed by atoms with Gasteiger partial charge in [0.05, 0.1) is 13.2 Å². The molecule has 0 aliphatic carbocycles. The van der Waals surface area contributed by atoms with Crippen LogP contribution in [0.2, 0.25) is 0 Å². The monoisotopic (exact) mass is 124 g/mol. The Morgan fingerprint density at radius 2 is 1.57 bits per heavy atom. The molecule has 0 saturated heterocycles. The van der Waals surface area contributed by atoms with Crippen molar-refractivity contribution in [2.75, 3.05) is 13.2 Å². The zero-order valence-electron chi connectivity index (χ0n) is 3.74. The highest BCUT2D eigenvalue weighted by molar-refractivity contribution is 7.94. The second-order valence-electron chi connectivity index (χ2n) is 0.553. The van der Waals surface area contributed by atoms with E-state index in [4.69, 9.17) is 15.0 Å². The summed E-state index contributed by atoms with van der Waals surface area (Å²) < 4.78 is 0. The Balaban J connectivity index is 0. The van der Waals surface area contributed by atoms with E-state index in [1.807, 2.05) is 0 Å². The fourth-order valence-electron chi connectivity index (χ4n) is 0. The van der Waals surface area contributed by atoms with Crippen LogP contribution in [0.15, 0.2) is 0 Å². The summed E-state index contributed by atoms with van der Waals surface area (Å²) in [7, 11) is 0. The molecular formula is C3H8O3S. The van der Waals surface area contributed by atoms with Crippen molar-refractivity contribution in [2.24, 2.45) is 0 Å². The highest BCUT2D eigenvalue weighted by Gasteiger charge is 1.58. The van der Waals surface area contributed by atoms with Gasteiger partial charge in [0.15, 0.2) is 5.62 Å². The van der Waals surface area contributed by atoms with E-state index in [0.29, 0.717) is 5.62 Å². The average Bonchev–Trinajstić information content (AvgIpc) is 1.69. The maximum absolute atomic E-state index is 8.67. The number of hydrogen-bond acceptors (Lipinski definition) is 3. The van der Waals surface area contributed by atoms with Crippen LogP contribution in [0.25, 0.3) is 0 Å². The number of aliphatic hydroxyl groups is 2.